The van der Waals surface area contributed by atoms with E-state index in [1.165, 1.54) is 186 Å². The predicted molar refractivity (Wildman–Crippen MR) is 486 cm³/mol. The molecule has 0 unspecified atom stereocenters. The van der Waals surface area contributed by atoms with Gasteiger partial charge in [-0.1, -0.05) is 394 Å². The highest BCUT2D eigenvalue weighted by molar-refractivity contribution is 6.32. The Morgan fingerprint density at radius 3 is 0.754 bits per heavy atom. The number of hydrogen-bond donors (Lipinski definition) is 0. The third kappa shape index (κ3) is 10.1. The molecular formula is C112H68O2. The Kier molecular flexibility index (Phi) is 15.0. The van der Waals surface area contributed by atoms with Gasteiger partial charge in [-0.3, -0.25) is 0 Å². The second-order valence-corrected chi connectivity index (χ2v) is 30.1. The van der Waals surface area contributed by atoms with E-state index in [0.29, 0.717) is 0 Å². The molecular weight excluding hydrogens is 1380 g/mol. The van der Waals surface area contributed by atoms with Crippen LogP contribution in [0.5, 0.6) is 0 Å². The van der Waals surface area contributed by atoms with Crippen LogP contribution in [0.2, 0.25) is 0 Å². The van der Waals surface area contributed by atoms with Crippen LogP contribution in [0.15, 0.2) is 421 Å². The third-order valence-corrected chi connectivity index (χ3v) is 24.1. The molecule has 2 heteroatoms. The Bertz CT molecular complexity index is 7860. The molecule has 0 aliphatic carbocycles. The number of fused-ring (bicyclic) bond motifs is 16. The van der Waals surface area contributed by atoms with Crippen LogP contribution in [-0.4, -0.2) is 0 Å². The van der Waals surface area contributed by atoms with E-state index in [0.717, 1.165) is 55.0 Å². The normalized spacial score (nSPS) is 11.9. The van der Waals surface area contributed by atoms with Crippen LogP contribution in [0.1, 0.15) is 0 Å². The van der Waals surface area contributed by atoms with Crippen molar-refractivity contribution >= 4 is 152 Å². The van der Waals surface area contributed by atoms with Crippen molar-refractivity contribution in [1.29, 1.82) is 0 Å². The maximum atomic E-state index is 7.08. The minimum Gasteiger partial charge on any atom is -0.455 e. The average Bonchev–Trinajstić information content (AvgIpc) is 1.37. The molecule has 0 bridgehead atoms. The maximum Gasteiger partial charge on any atom is 0.143 e. The van der Waals surface area contributed by atoms with Crippen molar-refractivity contribution in [2.45, 2.75) is 0 Å². The summed E-state index contributed by atoms with van der Waals surface area (Å²) in [4.78, 5) is 0. The number of para-hydroxylation sites is 2. The smallest absolute Gasteiger partial charge is 0.143 e. The van der Waals surface area contributed by atoms with Crippen molar-refractivity contribution < 1.29 is 8.83 Å². The Morgan fingerprint density at radius 2 is 0.377 bits per heavy atom. The van der Waals surface area contributed by atoms with Gasteiger partial charge < -0.3 is 8.83 Å². The van der Waals surface area contributed by atoms with E-state index in [1.807, 2.05) is 0 Å². The summed E-state index contributed by atoms with van der Waals surface area (Å²) in [6.07, 6.45) is 0. The quantitative estimate of drug-likeness (QED) is 0.142. The summed E-state index contributed by atoms with van der Waals surface area (Å²) >= 11 is 0. The number of hydrogen-bond acceptors (Lipinski definition) is 2. The number of rotatable bonds is 8. The molecule has 24 aromatic rings. The van der Waals surface area contributed by atoms with Crippen molar-refractivity contribution in [2.75, 3.05) is 0 Å². The molecule has 528 valence electrons. The van der Waals surface area contributed by atoms with Gasteiger partial charge in [-0.15, -0.1) is 0 Å². The first-order valence-electron chi connectivity index (χ1n) is 39.4. The fourth-order valence-electron chi connectivity index (χ4n) is 19.4. The Hall–Kier alpha value is -15.0. The highest BCUT2D eigenvalue weighted by Crippen LogP contribution is 2.54. The lowest BCUT2D eigenvalue weighted by Crippen LogP contribution is -1.92. The lowest BCUT2D eigenvalue weighted by Gasteiger charge is -2.19. The molecule has 24 rings (SSSR count). The van der Waals surface area contributed by atoms with E-state index >= 15 is 0 Å². The third-order valence-electron chi connectivity index (χ3n) is 24.1. The van der Waals surface area contributed by atoms with Crippen molar-refractivity contribution in [3.8, 4) is 89.0 Å². The molecule has 0 saturated heterocycles. The standard InChI is InChI=1S/2C56H34O/c1-2-17-36(18-3-1)51-39-20-6-12-26-45(39)54(46-27-13-7-21-40(46)51)48-29-14-30-49-55-47(28-15-31-50(55)57-56(48)49)53-43-24-10-8-22-41(43)52(42-23-9-11-25-44(42)53)38-33-32-35-16-4-5-19-37(35)34-38;1-2-18-36(19-3-1)51-39-22-6-8-24-41(39)54(42-25-9-7-23-40(42)51)48-32-15-33-49-55-47(31-16-34-50(55)57-56(48)49)53-45-28-12-10-26-43(45)52(44-27-11-13-29-46(44)53)38-30-14-20-35-17-4-5-21-37(35)38/h2*1-34H. The van der Waals surface area contributed by atoms with Crippen LogP contribution in [0, 0.1) is 0 Å². The van der Waals surface area contributed by atoms with Gasteiger partial charge >= 0.3 is 0 Å². The molecule has 2 aromatic heterocycles. The Labute approximate surface area is 657 Å². The molecule has 0 aliphatic rings. The summed E-state index contributed by atoms with van der Waals surface area (Å²) in [7, 11) is 0. The zero-order chi connectivity index (χ0) is 74.9. The molecule has 0 N–H and O–H groups in total. The fraction of sp³-hybridized carbons (Fsp3) is 0. The molecule has 0 atom stereocenters. The summed E-state index contributed by atoms with van der Waals surface area (Å²) in [5.41, 5.74) is 22.9. The maximum absolute atomic E-state index is 7.08. The van der Waals surface area contributed by atoms with Gasteiger partial charge in [-0.2, -0.15) is 0 Å². The first kappa shape index (κ1) is 65.0. The van der Waals surface area contributed by atoms with Gasteiger partial charge in [0.25, 0.3) is 0 Å². The first-order chi connectivity index (χ1) is 56.6. The monoisotopic (exact) mass is 1440 g/mol. The summed E-state index contributed by atoms with van der Waals surface area (Å²) in [6, 6.07) is 150. The molecule has 0 amide bonds. The Morgan fingerprint density at radius 1 is 0.132 bits per heavy atom. The number of furan rings is 2. The van der Waals surface area contributed by atoms with E-state index in [1.54, 1.807) is 0 Å². The molecule has 114 heavy (non-hydrogen) atoms. The molecule has 0 spiro atoms. The van der Waals surface area contributed by atoms with Crippen molar-refractivity contribution in [3.05, 3.63) is 413 Å². The zero-order valence-corrected chi connectivity index (χ0v) is 62.1. The van der Waals surface area contributed by atoms with Crippen LogP contribution in [-0.2, 0) is 0 Å². The predicted octanol–water partition coefficient (Wildman–Crippen LogP) is 32.0. The molecule has 2 heterocycles. The van der Waals surface area contributed by atoms with E-state index in [4.69, 9.17) is 8.83 Å². The first-order valence-corrected chi connectivity index (χ1v) is 39.4. The highest BCUT2D eigenvalue weighted by atomic mass is 16.3. The lowest BCUT2D eigenvalue weighted by molar-refractivity contribution is 0.670. The van der Waals surface area contributed by atoms with Gasteiger partial charge in [-0.05, 0) is 193 Å². The highest BCUT2D eigenvalue weighted by Gasteiger charge is 2.28. The molecule has 2 nitrogen and oxygen atoms in total. The van der Waals surface area contributed by atoms with Crippen LogP contribution in [0.4, 0.5) is 0 Å². The van der Waals surface area contributed by atoms with Gasteiger partial charge in [0, 0.05) is 43.8 Å². The molecule has 0 saturated carbocycles. The van der Waals surface area contributed by atoms with Gasteiger partial charge in [-0.25, -0.2) is 0 Å². The van der Waals surface area contributed by atoms with Gasteiger partial charge in [0.15, 0.2) is 0 Å². The largest absolute Gasteiger partial charge is 0.455 e. The minimum absolute atomic E-state index is 0.885. The van der Waals surface area contributed by atoms with Crippen LogP contribution in [0.25, 0.3) is 241 Å². The van der Waals surface area contributed by atoms with E-state index in [9.17, 15) is 0 Å². The van der Waals surface area contributed by atoms with Gasteiger partial charge in [0.1, 0.15) is 22.3 Å². The van der Waals surface area contributed by atoms with E-state index < -0.39 is 0 Å². The second kappa shape index (κ2) is 26.4. The molecule has 0 radical (unpaired) electrons. The summed E-state index contributed by atoms with van der Waals surface area (Å²) in [5, 5.41) is 29.1. The van der Waals surface area contributed by atoms with Crippen molar-refractivity contribution in [3.63, 3.8) is 0 Å². The molecule has 22 aromatic carbocycles. The molecule has 0 aliphatic heterocycles. The van der Waals surface area contributed by atoms with Crippen LogP contribution in [0.3, 0.4) is 0 Å². The molecule has 0 fully saturated rings. The van der Waals surface area contributed by atoms with Crippen molar-refractivity contribution in [2.24, 2.45) is 0 Å². The topological polar surface area (TPSA) is 26.3 Å². The van der Waals surface area contributed by atoms with Crippen LogP contribution >= 0.6 is 0 Å². The van der Waals surface area contributed by atoms with E-state index in [-0.39, 0.29) is 0 Å². The van der Waals surface area contributed by atoms with Crippen LogP contribution < -0.4 is 0 Å². The minimum atomic E-state index is 0.885. The SMILES string of the molecule is c1ccc(-c2c3ccccc3c(-c3cccc4c3oc3cccc(-c5c6ccccc6c(-c6ccc7ccccc7c6)c6ccccc56)c34)c3ccccc23)cc1.c1ccc(-c2c3ccccc3c(-c3cccc4c3oc3cccc(-c5c6ccccc6c(-c6cccc7ccccc67)c6ccccc56)c34)c3ccccc23)cc1. The second-order valence-electron chi connectivity index (χ2n) is 30.1. The van der Waals surface area contributed by atoms with Gasteiger partial charge in [0.2, 0.25) is 0 Å². The zero-order valence-electron chi connectivity index (χ0n) is 62.1. The van der Waals surface area contributed by atoms with E-state index in [2.05, 4.69) is 413 Å². The summed E-state index contributed by atoms with van der Waals surface area (Å²) in [6.45, 7) is 0. The van der Waals surface area contributed by atoms with Gasteiger partial charge in [0.05, 0.1) is 0 Å². The number of benzene rings is 22. The fourth-order valence-corrected chi connectivity index (χ4v) is 19.4. The average molecular weight is 1450 g/mol. The summed E-state index contributed by atoms with van der Waals surface area (Å²) < 4.78 is 14.1. The Balaban J connectivity index is 0.000000135. The van der Waals surface area contributed by atoms with Crippen molar-refractivity contribution in [1.82, 2.24) is 0 Å². The summed E-state index contributed by atoms with van der Waals surface area (Å²) in [5.74, 6) is 0. The lowest BCUT2D eigenvalue weighted by atomic mass is 9.83.